The van der Waals surface area contributed by atoms with Gasteiger partial charge < -0.3 is 10.3 Å². The first-order valence-corrected chi connectivity index (χ1v) is 10.6. The van der Waals surface area contributed by atoms with E-state index >= 15 is 0 Å². The van der Waals surface area contributed by atoms with Gasteiger partial charge in [-0.1, -0.05) is 19.1 Å². The van der Waals surface area contributed by atoms with Crippen LogP contribution in [0, 0.1) is 10.6 Å². The van der Waals surface area contributed by atoms with Gasteiger partial charge in [0.15, 0.2) is 4.77 Å². The highest BCUT2D eigenvalue weighted by Gasteiger charge is 2.13. The highest BCUT2D eigenvalue weighted by Crippen LogP contribution is 2.18. The molecule has 2 aromatic carbocycles. The lowest BCUT2D eigenvalue weighted by atomic mass is 10.1. The fourth-order valence-electron chi connectivity index (χ4n) is 3.19. The summed E-state index contributed by atoms with van der Waals surface area (Å²) in [7, 11) is 0. The van der Waals surface area contributed by atoms with Crippen LogP contribution in [0.25, 0.3) is 16.6 Å². The zero-order valence-corrected chi connectivity index (χ0v) is 17.7. The first-order valence-electron chi connectivity index (χ1n) is 9.37. The summed E-state index contributed by atoms with van der Waals surface area (Å²) in [4.78, 5) is 30.8. The van der Waals surface area contributed by atoms with Crippen molar-refractivity contribution in [2.24, 2.45) is 0 Å². The number of aromatic amines is 1. The molecule has 0 fully saturated rings. The molecule has 1 amide bonds. The van der Waals surface area contributed by atoms with Gasteiger partial charge in [-0.3, -0.25) is 9.59 Å². The van der Waals surface area contributed by atoms with E-state index in [0.717, 1.165) is 15.9 Å². The van der Waals surface area contributed by atoms with Crippen molar-refractivity contribution in [1.29, 1.82) is 0 Å². The van der Waals surface area contributed by atoms with Crippen LogP contribution in [-0.4, -0.2) is 15.5 Å². The van der Waals surface area contributed by atoms with Gasteiger partial charge in [0.05, 0.1) is 23.1 Å². The zero-order valence-electron chi connectivity index (χ0n) is 16.1. The topological polar surface area (TPSA) is 66.9 Å². The summed E-state index contributed by atoms with van der Waals surface area (Å²) in [5.74, 6) is -0.796. The number of rotatable bonds is 5. The number of fused-ring (bicyclic) bond motifs is 1. The molecule has 2 heterocycles. The molecule has 0 bridgehead atoms. The van der Waals surface area contributed by atoms with Gasteiger partial charge in [0.2, 0.25) is 0 Å². The fraction of sp³-hybridized carbons (Fsp3) is 0.136. The summed E-state index contributed by atoms with van der Waals surface area (Å²) in [6.45, 7) is 2.53. The lowest BCUT2D eigenvalue weighted by Crippen LogP contribution is -2.24. The van der Waals surface area contributed by atoms with Crippen molar-refractivity contribution >= 4 is 40.4 Å². The Labute approximate surface area is 180 Å². The smallest absolute Gasteiger partial charge is 0.266 e. The summed E-state index contributed by atoms with van der Waals surface area (Å²) in [5.41, 5.74) is 0.462. The third-order valence-corrected chi connectivity index (χ3v) is 6.26. The summed E-state index contributed by atoms with van der Waals surface area (Å²) in [6, 6.07) is 14.7. The van der Waals surface area contributed by atoms with Crippen LogP contribution in [0.1, 0.15) is 27.0 Å². The molecule has 0 unspecified atom stereocenters. The summed E-state index contributed by atoms with van der Waals surface area (Å²) >= 11 is 6.96. The largest absolute Gasteiger partial charge is 0.347 e. The van der Waals surface area contributed by atoms with E-state index in [4.69, 9.17) is 12.2 Å². The molecule has 0 saturated carbocycles. The molecule has 0 radical (unpaired) electrons. The molecule has 2 N–H and O–H groups in total. The van der Waals surface area contributed by atoms with E-state index in [1.54, 1.807) is 41.7 Å². The molecule has 0 saturated heterocycles. The number of nitrogens with one attached hydrogen (secondary N) is 2. The van der Waals surface area contributed by atoms with Gasteiger partial charge >= 0.3 is 0 Å². The minimum atomic E-state index is -0.547. The average Bonchev–Trinajstić information content (AvgIpc) is 3.21. The third kappa shape index (κ3) is 3.83. The van der Waals surface area contributed by atoms with Crippen molar-refractivity contribution in [3.8, 4) is 5.69 Å². The van der Waals surface area contributed by atoms with Crippen LogP contribution in [0.5, 0.6) is 0 Å². The molecule has 0 aliphatic rings. The van der Waals surface area contributed by atoms with Gasteiger partial charge in [-0.05, 0) is 61.1 Å². The average molecular weight is 440 g/mol. The van der Waals surface area contributed by atoms with Crippen LogP contribution in [0.15, 0.2) is 59.4 Å². The number of benzene rings is 2. The van der Waals surface area contributed by atoms with E-state index in [1.165, 1.54) is 17.0 Å². The van der Waals surface area contributed by atoms with Crippen LogP contribution in [0.2, 0.25) is 0 Å². The standard InChI is InChI=1S/C22H18FN3O2S2/c1-2-14-8-9-15(30-14)12-24-20(27)13-7-10-16-18(11-13)25-22(29)26(21(16)28)19-6-4-3-5-17(19)23/h3-11H,2,12H2,1H3,(H,24,27)(H,25,29). The summed E-state index contributed by atoms with van der Waals surface area (Å²) in [6.07, 6.45) is 0.965. The molecule has 4 aromatic rings. The van der Waals surface area contributed by atoms with E-state index in [-0.39, 0.29) is 16.4 Å². The van der Waals surface area contributed by atoms with Crippen molar-refractivity contribution in [3.63, 3.8) is 0 Å². The molecule has 30 heavy (non-hydrogen) atoms. The minimum Gasteiger partial charge on any atom is -0.347 e. The van der Waals surface area contributed by atoms with Gasteiger partial charge in [-0.2, -0.15) is 0 Å². The monoisotopic (exact) mass is 439 g/mol. The predicted molar refractivity (Wildman–Crippen MR) is 120 cm³/mol. The fourth-order valence-corrected chi connectivity index (χ4v) is 4.38. The Bertz CT molecular complexity index is 1370. The van der Waals surface area contributed by atoms with Gasteiger partial charge in [-0.25, -0.2) is 8.96 Å². The normalized spacial score (nSPS) is 11.0. The molecule has 4 rings (SSSR count). The Morgan fingerprint density at radius 3 is 2.67 bits per heavy atom. The number of halogens is 1. The number of thiophene rings is 1. The maximum Gasteiger partial charge on any atom is 0.266 e. The van der Waals surface area contributed by atoms with Gasteiger partial charge in [-0.15, -0.1) is 11.3 Å². The molecule has 5 nitrogen and oxygen atoms in total. The Kier molecular flexibility index (Phi) is 5.61. The van der Waals surface area contributed by atoms with Crippen LogP contribution in [-0.2, 0) is 13.0 Å². The Hall–Kier alpha value is -3.10. The van der Waals surface area contributed by atoms with Gasteiger partial charge in [0.1, 0.15) is 5.82 Å². The Morgan fingerprint density at radius 2 is 1.93 bits per heavy atom. The molecule has 0 spiro atoms. The van der Waals surface area contributed by atoms with Crippen LogP contribution >= 0.6 is 23.6 Å². The summed E-state index contributed by atoms with van der Waals surface area (Å²) < 4.78 is 15.4. The van der Waals surface area contributed by atoms with Crippen LogP contribution < -0.4 is 10.9 Å². The van der Waals surface area contributed by atoms with E-state index in [2.05, 4.69) is 23.3 Å². The van der Waals surface area contributed by atoms with Crippen LogP contribution in [0.3, 0.4) is 0 Å². The number of para-hydroxylation sites is 1. The van der Waals surface area contributed by atoms with Crippen molar-refractivity contribution in [2.45, 2.75) is 19.9 Å². The van der Waals surface area contributed by atoms with Gasteiger partial charge in [0.25, 0.3) is 11.5 Å². The van der Waals surface area contributed by atoms with Gasteiger partial charge in [0, 0.05) is 15.3 Å². The number of aryl methyl sites for hydroxylation is 1. The first-order chi connectivity index (χ1) is 14.5. The minimum absolute atomic E-state index is 0.0563. The molecule has 152 valence electrons. The number of carbonyl (C=O) groups is 1. The molecule has 0 atom stereocenters. The van der Waals surface area contributed by atoms with Crippen molar-refractivity contribution in [2.75, 3.05) is 0 Å². The molecule has 8 heteroatoms. The van der Waals surface area contributed by atoms with E-state index in [1.807, 2.05) is 6.07 Å². The predicted octanol–water partition coefficient (Wildman–Crippen LogP) is 4.74. The number of H-pyrrole nitrogens is 1. The van der Waals surface area contributed by atoms with E-state index in [0.29, 0.717) is 23.0 Å². The maximum atomic E-state index is 14.2. The zero-order chi connectivity index (χ0) is 21.3. The second kappa shape index (κ2) is 8.33. The SMILES string of the molecule is CCc1ccc(CNC(=O)c2ccc3c(=O)n(-c4ccccc4F)c(=S)[nH]c3c2)s1. The van der Waals surface area contributed by atoms with E-state index < -0.39 is 11.4 Å². The quantitative estimate of drug-likeness (QED) is 0.442. The number of hydrogen-bond donors (Lipinski definition) is 2. The van der Waals surface area contributed by atoms with Crippen LogP contribution in [0.4, 0.5) is 4.39 Å². The second-order valence-corrected chi connectivity index (χ2v) is 8.33. The molecular weight excluding hydrogens is 421 g/mol. The first kappa shape index (κ1) is 20.2. The molecular formula is C22H18FN3O2S2. The second-order valence-electron chi connectivity index (χ2n) is 6.69. The number of carbonyl (C=O) groups excluding carboxylic acids is 1. The van der Waals surface area contributed by atoms with Crippen molar-refractivity contribution < 1.29 is 9.18 Å². The third-order valence-electron chi connectivity index (χ3n) is 4.74. The highest BCUT2D eigenvalue weighted by molar-refractivity contribution is 7.71. The molecule has 2 aromatic heterocycles. The van der Waals surface area contributed by atoms with Crippen molar-refractivity contribution in [1.82, 2.24) is 14.9 Å². The van der Waals surface area contributed by atoms with Crippen molar-refractivity contribution in [3.05, 3.63) is 90.9 Å². The molecule has 0 aliphatic carbocycles. The Morgan fingerprint density at radius 1 is 1.17 bits per heavy atom. The maximum absolute atomic E-state index is 14.2. The highest BCUT2D eigenvalue weighted by atomic mass is 32.1. The van der Waals surface area contributed by atoms with E-state index in [9.17, 15) is 14.0 Å². The lowest BCUT2D eigenvalue weighted by Gasteiger charge is -2.10. The number of nitrogens with zero attached hydrogens (tertiary/aromatic N) is 1. The Balaban J connectivity index is 1.65. The lowest BCUT2D eigenvalue weighted by molar-refractivity contribution is 0.0951. The number of aromatic nitrogens is 2. The summed E-state index contributed by atoms with van der Waals surface area (Å²) in [5, 5.41) is 3.20. The number of amides is 1. The number of hydrogen-bond acceptors (Lipinski definition) is 4. The molecule has 0 aliphatic heterocycles.